The van der Waals surface area contributed by atoms with Crippen molar-refractivity contribution >= 4 is 0 Å². The van der Waals surface area contributed by atoms with Gasteiger partial charge in [0.15, 0.2) is 0 Å². The van der Waals surface area contributed by atoms with E-state index < -0.39 is 0 Å². The van der Waals surface area contributed by atoms with Crippen LogP contribution in [-0.4, -0.2) is 56.3 Å². The van der Waals surface area contributed by atoms with Crippen LogP contribution in [-0.2, 0) is 0 Å². The number of nitrogens with zero attached hydrogens (tertiary/aromatic N) is 2. The van der Waals surface area contributed by atoms with Gasteiger partial charge in [0.2, 0.25) is 0 Å². The number of ether oxygens (including phenoxy) is 1. The third-order valence-corrected chi connectivity index (χ3v) is 3.81. The van der Waals surface area contributed by atoms with Gasteiger partial charge in [-0.15, -0.1) is 0 Å². The molecule has 0 bridgehead atoms. The minimum absolute atomic E-state index is 0.138. The second-order valence-corrected chi connectivity index (χ2v) is 5.63. The maximum absolute atomic E-state index is 5.96. The highest BCUT2D eigenvalue weighted by Crippen LogP contribution is 2.19. The molecule has 1 aromatic rings. The molecule has 5 heteroatoms. The van der Waals surface area contributed by atoms with Gasteiger partial charge in [0, 0.05) is 32.7 Å². The van der Waals surface area contributed by atoms with Gasteiger partial charge in [-0.25, -0.2) is 10.4 Å². The molecule has 1 atom stereocenters. The Bertz CT molecular complexity index is 418. The molecule has 118 valence electrons. The van der Waals surface area contributed by atoms with Crippen molar-refractivity contribution in [1.29, 1.82) is 0 Å². The summed E-state index contributed by atoms with van der Waals surface area (Å²) in [5, 5.41) is 2.27. The van der Waals surface area contributed by atoms with Gasteiger partial charge in [-0.2, -0.15) is 0 Å². The van der Waals surface area contributed by atoms with Crippen LogP contribution in [0.2, 0.25) is 0 Å². The van der Waals surface area contributed by atoms with Gasteiger partial charge in [-0.1, -0.05) is 19.1 Å². The summed E-state index contributed by atoms with van der Waals surface area (Å²) in [4.78, 5) is 2.34. The van der Waals surface area contributed by atoms with E-state index in [2.05, 4.69) is 41.4 Å². The highest BCUT2D eigenvalue weighted by atomic mass is 16.5. The van der Waals surface area contributed by atoms with Crippen molar-refractivity contribution in [3.05, 3.63) is 29.8 Å². The zero-order valence-corrected chi connectivity index (χ0v) is 13.2. The van der Waals surface area contributed by atoms with E-state index in [-0.39, 0.29) is 6.04 Å². The third kappa shape index (κ3) is 4.97. The molecule has 0 saturated carbocycles. The zero-order valence-electron chi connectivity index (χ0n) is 13.2. The molecule has 1 aliphatic rings. The minimum Gasteiger partial charge on any atom is -0.494 e. The minimum atomic E-state index is 0.138. The van der Waals surface area contributed by atoms with Crippen molar-refractivity contribution in [2.24, 2.45) is 5.73 Å². The number of hydrogen-bond donors (Lipinski definition) is 2. The topological polar surface area (TPSA) is 53.8 Å². The standard InChI is InChI=1S/C16H28N4O/c1-3-11-21-15-6-4-5-14(12-15)16(13-17)18-20-9-7-19(2)8-10-20/h4-6,12,16,18H,3,7-11,13,17H2,1-2H3. The first-order valence-electron chi connectivity index (χ1n) is 7.85. The van der Waals surface area contributed by atoms with Crippen LogP contribution < -0.4 is 15.9 Å². The largest absolute Gasteiger partial charge is 0.494 e. The summed E-state index contributed by atoms with van der Waals surface area (Å²) < 4.78 is 5.71. The summed E-state index contributed by atoms with van der Waals surface area (Å²) in [6.45, 7) is 7.67. The lowest BCUT2D eigenvalue weighted by atomic mass is 10.1. The molecule has 5 nitrogen and oxygen atoms in total. The molecule has 1 fully saturated rings. The van der Waals surface area contributed by atoms with E-state index in [1.165, 1.54) is 5.56 Å². The van der Waals surface area contributed by atoms with E-state index in [4.69, 9.17) is 10.5 Å². The molecule has 0 aromatic heterocycles. The second-order valence-electron chi connectivity index (χ2n) is 5.63. The number of hydrazine groups is 1. The Morgan fingerprint density at radius 1 is 1.29 bits per heavy atom. The summed E-state index contributed by atoms with van der Waals surface area (Å²) in [5.74, 6) is 0.924. The summed E-state index contributed by atoms with van der Waals surface area (Å²) in [5.41, 5.74) is 10.7. The third-order valence-electron chi connectivity index (χ3n) is 3.81. The number of nitrogens with two attached hydrogens (primary N) is 1. The summed E-state index contributed by atoms with van der Waals surface area (Å²) >= 11 is 0. The smallest absolute Gasteiger partial charge is 0.119 e. The first-order valence-corrected chi connectivity index (χ1v) is 7.85. The fraction of sp³-hybridized carbons (Fsp3) is 0.625. The zero-order chi connectivity index (χ0) is 15.1. The molecule has 0 radical (unpaired) electrons. The number of benzene rings is 1. The van der Waals surface area contributed by atoms with Gasteiger partial charge >= 0.3 is 0 Å². The molecule has 1 heterocycles. The first kappa shape index (κ1) is 16.2. The molecule has 1 aromatic carbocycles. The quantitative estimate of drug-likeness (QED) is 0.791. The van der Waals surface area contributed by atoms with Crippen molar-refractivity contribution in [2.45, 2.75) is 19.4 Å². The summed E-state index contributed by atoms with van der Waals surface area (Å²) in [6.07, 6.45) is 1.02. The Labute approximate surface area is 128 Å². The molecular formula is C16H28N4O. The van der Waals surface area contributed by atoms with Crippen LogP contribution in [0.5, 0.6) is 5.75 Å². The molecule has 0 amide bonds. The van der Waals surface area contributed by atoms with Crippen molar-refractivity contribution < 1.29 is 4.74 Å². The van der Waals surface area contributed by atoms with E-state index in [1.807, 2.05) is 12.1 Å². The lowest BCUT2D eigenvalue weighted by Crippen LogP contribution is -2.52. The SMILES string of the molecule is CCCOc1cccc(C(CN)NN2CCN(C)CC2)c1. The number of nitrogens with one attached hydrogen (secondary N) is 1. The molecule has 2 rings (SSSR count). The van der Waals surface area contributed by atoms with E-state index in [1.54, 1.807) is 0 Å². The van der Waals surface area contributed by atoms with Gasteiger partial charge in [-0.3, -0.25) is 0 Å². The van der Waals surface area contributed by atoms with E-state index in [9.17, 15) is 0 Å². The average Bonchev–Trinajstić information content (AvgIpc) is 2.52. The maximum atomic E-state index is 5.96. The molecule has 3 N–H and O–H groups in total. The molecule has 21 heavy (non-hydrogen) atoms. The number of rotatable bonds is 7. The molecule has 0 aliphatic carbocycles. The Hall–Kier alpha value is -1.14. The Balaban J connectivity index is 1.96. The number of piperazine rings is 1. The lowest BCUT2D eigenvalue weighted by Gasteiger charge is -2.35. The van der Waals surface area contributed by atoms with Gasteiger partial charge in [0.05, 0.1) is 12.6 Å². The highest BCUT2D eigenvalue weighted by Gasteiger charge is 2.18. The van der Waals surface area contributed by atoms with Crippen LogP contribution in [0.1, 0.15) is 24.9 Å². The van der Waals surface area contributed by atoms with Crippen LogP contribution in [0.4, 0.5) is 0 Å². The van der Waals surface area contributed by atoms with Crippen LogP contribution in [0.15, 0.2) is 24.3 Å². The van der Waals surface area contributed by atoms with Gasteiger partial charge < -0.3 is 15.4 Å². The van der Waals surface area contributed by atoms with Crippen LogP contribution in [0.3, 0.4) is 0 Å². The van der Waals surface area contributed by atoms with Crippen LogP contribution in [0, 0.1) is 0 Å². The van der Waals surface area contributed by atoms with E-state index in [0.29, 0.717) is 6.54 Å². The Morgan fingerprint density at radius 3 is 2.71 bits per heavy atom. The number of hydrogen-bond acceptors (Lipinski definition) is 5. The number of likely N-dealkylation sites (N-methyl/N-ethyl adjacent to an activating group) is 1. The first-order chi connectivity index (χ1) is 10.2. The maximum Gasteiger partial charge on any atom is 0.119 e. The normalized spacial score (nSPS) is 18.6. The van der Waals surface area contributed by atoms with Crippen molar-refractivity contribution in [3.63, 3.8) is 0 Å². The van der Waals surface area contributed by atoms with Gasteiger partial charge in [-0.05, 0) is 31.2 Å². The Morgan fingerprint density at radius 2 is 2.05 bits per heavy atom. The lowest BCUT2D eigenvalue weighted by molar-refractivity contribution is 0.0879. The average molecular weight is 292 g/mol. The summed E-state index contributed by atoms with van der Waals surface area (Å²) in [6, 6.07) is 8.38. The van der Waals surface area contributed by atoms with E-state index in [0.717, 1.165) is 45.0 Å². The van der Waals surface area contributed by atoms with Crippen molar-refractivity contribution in [1.82, 2.24) is 15.3 Å². The molecule has 0 spiro atoms. The van der Waals surface area contributed by atoms with E-state index >= 15 is 0 Å². The van der Waals surface area contributed by atoms with Crippen molar-refractivity contribution in [2.75, 3.05) is 46.4 Å². The predicted octanol–water partition coefficient (Wildman–Crippen LogP) is 1.23. The van der Waals surface area contributed by atoms with Gasteiger partial charge in [0.1, 0.15) is 5.75 Å². The summed E-state index contributed by atoms with van der Waals surface area (Å²) in [7, 11) is 2.16. The Kier molecular flexibility index (Phi) is 6.45. The molecule has 1 aliphatic heterocycles. The van der Waals surface area contributed by atoms with Gasteiger partial charge in [0.25, 0.3) is 0 Å². The van der Waals surface area contributed by atoms with Crippen molar-refractivity contribution in [3.8, 4) is 5.75 Å². The molecule has 1 saturated heterocycles. The second kappa shape index (κ2) is 8.34. The predicted molar refractivity (Wildman–Crippen MR) is 86.2 cm³/mol. The van der Waals surface area contributed by atoms with Crippen LogP contribution in [0.25, 0.3) is 0 Å². The fourth-order valence-corrected chi connectivity index (χ4v) is 2.46. The van der Waals surface area contributed by atoms with Crippen LogP contribution >= 0.6 is 0 Å². The fourth-order valence-electron chi connectivity index (χ4n) is 2.46. The molecular weight excluding hydrogens is 264 g/mol. The molecule has 1 unspecified atom stereocenters. The highest BCUT2D eigenvalue weighted by molar-refractivity contribution is 5.30. The monoisotopic (exact) mass is 292 g/mol.